The summed E-state index contributed by atoms with van der Waals surface area (Å²) in [5, 5.41) is 8.64. The number of ether oxygens (including phenoxy) is 1. The van der Waals surface area contributed by atoms with Gasteiger partial charge in [-0.05, 0) is 61.8 Å². The molecular weight excluding hydrogens is 462 g/mol. The Labute approximate surface area is 223 Å². The van der Waals surface area contributed by atoms with E-state index < -0.39 is 0 Å². The molecule has 2 heterocycles. The van der Waals surface area contributed by atoms with Gasteiger partial charge >= 0.3 is 9.76 Å². The van der Waals surface area contributed by atoms with Gasteiger partial charge in [0.25, 0.3) is 0 Å². The molecule has 5 nitrogen and oxygen atoms in total. The maximum atomic E-state index is 5.88. The lowest BCUT2D eigenvalue weighted by atomic mass is 9.95. The van der Waals surface area contributed by atoms with Crippen molar-refractivity contribution in [3.8, 4) is 17.1 Å². The highest BCUT2D eigenvalue weighted by Gasteiger charge is 2.09. The van der Waals surface area contributed by atoms with Gasteiger partial charge in [-0.3, -0.25) is 4.98 Å². The van der Waals surface area contributed by atoms with Crippen LogP contribution < -0.4 is 4.43 Å². The van der Waals surface area contributed by atoms with E-state index in [1.54, 1.807) is 0 Å². The molecule has 2 radical (unpaired) electrons. The van der Waals surface area contributed by atoms with Gasteiger partial charge in [0.1, 0.15) is 0 Å². The van der Waals surface area contributed by atoms with Crippen molar-refractivity contribution in [2.45, 2.75) is 111 Å². The summed E-state index contributed by atoms with van der Waals surface area (Å²) in [7, 11) is 0.431. The van der Waals surface area contributed by atoms with E-state index in [4.69, 9.17) is 9.16 Å². The number of aryl methyl sites for hydroxylation is 1. The summed E-state index contributed by atoms with van der Waals surface area (Å²) >= 11 is 0. The monoisotopic (exact) mass is 511 g/mol. The molecule has 0 amide bonds. The molecule has 0 aliphatic heterocycles. The Kier molecular flexibility index (Phi) is 16.3. The van der Waals surface area contributed by atoms with Crippen LogP contribution in [0.4, 0.5) is 0 Å². The third-order valence-corrected chi connectivity index (χ3v) is 7.90. The van der Waals surface area contributed by atoms with Gasteiger partial charge in [0.15, 0.2) is 0 Å². The van der Waals surface area contributed by atoms with E-state index in [2.05, 4.69) is 55.0 Å². The van der Waals surface area contributed by atoms with E-state index in [0.29, 0.717) is 21.6 Å². The van der Waals surface area contributed by atoms with Crippen LogP contribution >= 0.6 is 0 Å². The van der Waals surface area contributed by atoms with Crippen molar-refractivity contribution in [1.29, 1.82) is 0 Å². The first kappa shape index (κ1) is 30.4. The smallest absolute Gasteiger partial charge is 0.313 e. The second-order valence-electron chi connectivity index (χ2n) is 10.3. The van der Waals surface area contributed by atoms with Gasteiger partial charge in [-0.2, -0.15) is 0 Å². The summed E-state index contributed by atoms with van der Waals surface area (Å²) in [5.74, 6) is 2.13. The topological polar surface area (TPSA) is 57.1 Å². The first-order valence-electron chi connectivity index (χ1n) is 14.4. The van der Waals surface area contributed by atoms with E-state index in [0.717, 1.165) is 61.4 Å². The first-order valence-corrected chi connectivity index (χ1v) is 15.5. The van der Waals surface area contributed by atoms with Crippen molar-refractivity contribution in [3.63, 3.8) is 0 Å². The quantitative estimate of drug-likeness (QED) is 0.125. The van der Waals surface area contributed by atoms with Crippen LogP contribution in [0.15, 0.2) is 30.5 Å². The highest BCUT2D eigenvalue weighted by atomic mass is 28.2. The molecule has 0 saturated carbocycles. The molecule has 36 heavy (non-hydrogen) atoms. The summed E-state index contributed by atoms with van der Waals surface area (Å²) in [5.41, 5.74) is 2.93. The van der Waals surface area contributed by atoms with Crippen LogP contribution in [0.5, 0.6) is 5.88 Å². The van der Waals surface area contributed by atoms with Crippen molar-refractivity contribution in [2.24, 2.45) is 11.8 Å². The highest BCUT2D eigenvalue weighted by molar-refractivity contribution is 6.28. The van der Waals surface area contributed by atoms with Gasteiger partial charge in [-0.15, -0.1) is 10.2 Å². The van der Waals surface area contributed by atoms with Crippen LogP contribution in [-0.2, 0) is 11.2 Å². The maximum Gasteiger partial charge on any atom is 0.313 e. The second kappa shape index (κ2) is 19.3. The minimum Gasteiger partial charge on any atom is -0.527 e. The molecule has 0 saturated heterocycles. The SMILES string of the molecule is CCCCCCOCCCCc1ccc(-c2ccc(O[Si]CC(C)CCC(C)CCCC)nn2)cn1. The van der Waals surface area contributed by atoms with Gasteiger partial charge in [0, 0.05) is 36.7 Å². The van der Waals surface area contributed by atoms with Crippen molar-refractivity contribution in [2.75, 3.05) is 13.2 Å². The molecule has 0 spiro atoms. The van der Waals surface area contributed by atoms with Gasteiger partial charge in [-0.25, -0.2) is 0 Å². The molecule has 2 aromatic rings. The molecule has 2 rings (SSSR count). The Bertz CT molecular complexity index is 786. The van der Waals surface area contributed by atoms with Crippen LogP contribution in [-0.4, -0.2) is 38.2 Å². The van der Waals surface area contributed by atoms with Crippen LogP contribution in [0.1, 0.15) is 104 Å². The van der Waals surface area contributed by atoms with Crippen LogP contribution in [0.2, 0.25) is 6.04 Å². The lowest BCUT2D eigenvalue weighted by Gasteiger charge is -2.14. The van der Waals surface area contributed by atoms with E-state index in [1.807, 2.05) is 18.3 Å². The standard InChI is InChI=1S/C30H49N3O2Si/c1-5-7-9-11-21-34-22-12-10-14-28-18-17-27(23-31-28)29-19-20-30(33-32-29)35-36-24-26(4)16-15-25(3)13-8-6-2/h17-20,23,25-26H,5-16,21-22,24H2,1-4H3. The third-order valence-electron chi connectivity index (χ3n) is 6.69. The number of hydrogen-bond donors (Lipinski definition) is 0. The zero-order chi connectivity index (χ0) is 25.8. The number of nitrogens with zero attached hydrogens (tertiary/aromatic N) is 3. The molecule has 0 aliphatic rings. The minimum atomic E-state index is 0.431. The molecule has 2 unspecified atom stereocenters. The van der Waals surface area contributed by atoms with Crippen LogP contribution in [0, 0.1) is 11.8 Å². The lowest BCUT2D eigenvalue weighted by Crippen LogP contribution is -2.09. The van der Waals surface area contributed by atoms with Crippen molar-refractivity contribution >= 4 is 9.76 Å². The molecular formula is C30H49N3O2Si. The van der Waals surface area contributed by atoms with Gasteiger partial charge < -0.3 is 9.16 Å². The van der Waals surface area contributed by atoms with Crippen molar-refractivity contribution in [3.05, 3.63) is 36.2 Å². The van der Waals surface area contributed by atoms with Crippen LogP contribution in [0.3, 0.4) is 0 Å². The van der Waals surface area contributed by atoms with E-state index in [-0.39, 0.29) is 0 Å². The fourth-order valence-corrected chi connectivity index (χ4v) is 4.95. The third kappa shape index (κ3) is 13.5. The molecule has 0 aliphatic carbocycles. The summed E-state index contributed by atoms with van der Waals surface area (Å²) in [6.45, 7) is 11.0. The Hall–Kier alpha value is -1.79. The van der Waals surface area contributed by atoms with E-state index >= 15 is 0 Å². The summed E-state index contributed by atoms with van der Waals surface area (Å²) in [6, 6.07) is 9.16. The molecule has 0 aromatic carbocycles. The van der Waals surface area contributed by atoms with Crippen LogP contribution in [0.25, 0.3) is 11.3 Å². The zero-order valence-electron chi connectivity index (χ0n) is 23.3. The second-order valence-corrected chi connectivity index (χ2v) is 11.2. The Morgan fingerprint density at radius 3 is 2.25 bits per heavy atom. The summed E-state index contributed by atoms with van der Waals surface area (Å²) in [4.78, 5) is 4.62. The van der Waals surface area contributed by atoms with Gasteiger partial charge in [0.2, 0.25) is 5.88 Å². The number of aromatic nitrogens is 3. The average Bonchev–Trinajstić information content (AvgIpc) is 2.90. The lowest BCUT2D eigenvalue weighted by molar-refractivity contribution is 0.126. The van der Waals surface area contributed by atoms with Gasteiger partial charge in [-0.1, -0.05) is 79.1 Å². The number of unbranched alkanes of at least 4 members (excludes halogenated alkanes) is 5. The summed E-state index contributed by atoms with van der Waals surface area (Å²) < 4.78 is 11.6. The minimum absolute atomic E-state index is 0.431. The fourth-order valence-electron chi connectivity index (χ4n) is 4.12. The van der Waals surface area contributed by atoms with E-state index in [9.17, 15) is 0 Å². The molecule has 2 aromatic heterocycles. The molecule has 6 heteroatoms. The fraction of sp³-hybridized carbons (Fsp3) is 0.700. The predicted octanol–water partition coefficient (Wildman–Crippen LogP) is 8.12. The highest BCUT2D eigenvalue weighted by Crippen LogP contribution is 2.21. The average molecular weight is 512 g/mol. The first-order chi connectivity index (χ1) is 17.6. The molecule has 200 valence electrons. The Morgan fingerprint density at radius 2 is 1.56 bits per heavy atom. The number of pyridine rings is 1. The van der Waals surface area contributed by atoms with Crippen molar-refractivity contribution in [1.82, 2.24) is 15.2 Å². The Balaban J connectivity index is 1.62. The number of rotatable bonds is 21. The molecule has 0 N–H and O–H groups in total. The predicted molar refractivity (Wildman–Crippen MR) is 151 cm³/mol. The van der Waals surface area contributed by atoms with Gasteiger partial charge in [0.05, 0.1) is 5.69 Å². The zero-order valence-corrected chi connectivity index (χ0v) is 24.3. The molecule has 0 bridgehead atoms. The largest absolute Gasteiger partial charge is 0.527 e. The Morgan fingerprint density at radius 1 is 0.778 bits per heavy atom. The molecule has 0 fully saturated rings. The maximum absolute atomic E-state index is 5.88. The van der Waals surface area contributed by atoms with E-state index in [1.165, 1.54) is 57.8 Å². The summed E-state index contributed by atoms with van der Waals surface area (Å²) in [6.07, 6.45) is 16.7. The normalized spacial score (nSPS) is 13.0. The number of hydrogen-bond acceptors (Lipinski definition) is 5. The van der Waals surface area contributed by atoms with Crippen molar-refractivity contribution < 1.29 is 9.16 Å². The molecule has 2 atom stereocenters.